The first-order valence-corrected chi connectivity index (χ1v) is 9.77. The topological polar surface area (TPSA) is 126 Å². The van der Waals surface area contributed by atoms with Crippen molar-refractivity contribution in [1.82, 2.24) is 14.6 Å². The zero-order valence-corrected chi connectivity index (χ0v) is 15.7. The molecule has 5 N–H and O–H groups in total. The van der Waals surface area contributed by atoms with E-state index in [1.807, 2.05) is 24.4 Å². The first-order valence-electron chi connectivity index (χ1n) is 9.77. The lowest BCUT2D eigenvalue weighted by molar-refractivity contribution is 0.00665. The first kappa shape index (κ1) is 16.9. The van der Waals surface area contributed by atoms with Crippen LogP contribution < -0.4 is 11.1 Å². The third-order valence-electron chi connectivity index (χ3n) is 7.32. The van der Waals surface area contributed by atoms with Gasteiger partial charge < -0.3 is 21.3 Å². The van der Waals surface area contributed by atoms with Crippen LogP contribution in [0.15, 0.2) is 43.0 Å². The van der Waals surface area contributed by atoms with Crippen LogP contribution in [0.1, 0.15) is 36.0 Å². The number of primary amides is 1. The van der Waals surface area contributed by atoms with Gasteiger partial charge in [-0.05, 0) is 42.5 Å². The Morgan fingerprint density at radius 1 is 1.21 bits per heavy atom. The highest BCUT2D eigenvalue weighted by atomic mass is 16.3. The number of nitrogens with one attached hydrogen (secondary N) is 1. The zero-order chi connectivity index (χ0) is 20.0. The van der Waals surface area contributed by atoms with Gasteiger partial charge in [-0.15, -0.1) is 0 Å². The minimum absolute atomic E-state index is 0.0778. The smallest absolute Gasteiger partial charge is 0.252 e. The molecule has 0 aromatic carbocycles. The number of amides is 1. The Labute approximate surface area is 166 Å². The fraction of sp³-hybridized carbons (Fsp3) is 0.381. The molecule has 3 aromatic heterocycles. The molecule has 1 amide bonds. The van der Waals surface area contributed by atoms with Crippen molar-refractivity contribution >= 4 is 17.1 Å². The predicted octanol–water partition coefficient (Wildman–Crippen LogP) is 1.33. The molecular formula is C21H21N5O3. The van der Waals surface area contributed by atoms with Crippen LogP contribution in [0.4, 0.5) is 5.69 Å². The minimum atomic E-state index is -0.984. The van der Waals surface area contributed by atoms with Gasteiger partial charge >= 0.3 is 0 Å². The first-order chi connectivity index (χ1) is 13.8. The Balaban J connectivity index is 1.51. The molecular weight excluding hydrogens is 370 g/mol. The largest absolute Gasteiger partial charge is 0.389 e. The summed E-state index contributed by atoms with van der Waals surface area (Å²) < 4.78 is 1.70. The van der Waals surface area contributed by atoms with Gasteiger partial charge in [0.2, 0.25) is 0 Å². The molecule has 3 aromatic rings. The van der Waals surface area contributed by atoms with E-state index in [2.05, 4.69) is 15.4 Å². The molecule has 4 bridgehead atoms. The van der Waals surface area contributed by atoms with Gasteiger partial charge in [0.15, 0.2) is 0 Å². The number of nitrogens with two attached hydrogens (primary N) is 1. The fourth-order valence-electron chi connectivity index (χ4n) is 6.05. The summed E-state index contributed by atoms with van der Waals surface area (Å²) in [4.78, 5) is 16.2. The van der Waals surface area contributed by atoms with E-state index < -0.39 is 22.6 Å². The number of carbonyl (C=O) groups is 1. The van der Waals surface area contributed by atoms with E-state index >= 15 is 0 Å². The number of aromatic nitrogens is 3. The van der Waals surface area contributed by atoms with E-state index in [9.17, 15) is 15.0 Å². The summed E-state index contributed by atoms with van der Waals surface area (Å²) in [6, 6.07) is 5.75. The average Bonchev–Trinajstić information content (AvgIpc) is 3.39. The van der Waals surface area contributed by atoms with Crippen molar-refractivity contribution in [3.8, 4) is 11.1 Å². The van der Waals surface area contributed by atoms with Crippen LogP contribution in [-0.4, -0.2) is 47.5 Å². The number of fused-ring (bicyclic) bond motifs is 1. The van der Waals surface area contributed by atoms with E-state index in [1.54, 1.807) is 16.9 Å². The Hall–Kier alpha value is -2.97. The van der Waals surface area contributed by atoms with Crippen LogP contribution in [0, 0.1) is 5.92 Å². The Bertz CT molecular complexity index is 1180. The number of rotatable bonds is 4. The molecule has 4 saturated carbocycles. The lowest BCUT2D eigenvalue weighted by Crippen LogP contribution is -2.51. The number of anilines is 1. The normalized spacial score (nSPS) is 34.3. The van der Waals surface area contributed by atoms with Crippen molar-refractivity contribution in [2.75, 3.05) is 5.32 Å². The summed E-state index contributed by atoms with van der Waals surface area (Å²) in [5.74, 6) is -0.509. The molecule has 8 heteroatoms. The lowest BCUT2D eigenvalue weighted by Gasteiger charge is -2.38. The predicted molar refractivity (Wildman–Crippen MR) is 105 cm³/mol. The molecule has 0 saturated heterocycles. The van der Waals surface area contributed by atoms with Crippen molar-refractivity contribution in [2.24, 2.45) is 11.7 Å². The van der Waals surface area contributed by atoms with Crippen LogP contribution in [0.2, 0.25) is 0 Å². The summed E-state index contributed by atoms with van der Waals surface area (Å²) in [5.41, 5.74) is 6.60. The van der Waals surface area contributed by atoms with E-state index in [4.69, 9.17) is 5.73 Å². The molecule has 7 rings (SSSR count). The molecule has 3 heterocycles. The number of aliphatic hydroxyl groups is 2. The number of carbonyl (C=O) groups excluding carboxylic acids is 1. The van der Waals surface area contributed by atoms with Crippen molar-refractivity contribution in [3.63, 3.8) is 0 Å². The molecule has 0 aliphatic heterocycles. The maximum Gasteiger partial charge on any atom is 0.252 e. The van der Waals surface area contributed by atoms with Gasteiger partial charge in [-0.2, -0.15) is 5.10 Å². The fourth-order valence-corrected chi connectivity index (χ4v) is 6.05. The van der Waals surface area contributed by atoms with Gasteiger partial charge in [0.25, 0.3) is 5.91 Å². The average molecular weight is 391 g/mol. The van der Waals surface area contributed by atoms with Gasteiger partial charge in [-0.25, -0.2) is 4.52 Å². The highest BCUT2D eigenvalue weighted by molar-refractivity contribution is 6.02. The summed E-state index contributed by atoms with van der Waals surface area (Å²) in [5, 5.41) is 30.0. The highest BCUT2D eigenvalue weighted by Crippen LogP contribution is 2.70. The standard InChI is InChI=1S/C21H21N5O3/c22-18(27)15-8-24-26-9-13(12-1-3-23-4-2-12)5-16(26)17(15)25-20-6-14-7-21(20,29)11-19(14,28)10-20/h1-5,8-9,14,25,28-29H,6-7,10-11H2,(H2,22,27). The number of hydrogen-bond donors (Lipinski definition) is 4. The number of pyridine rings is 1. The summed E-state index contributed by atoms with van der Waals surface area (Å²) >= 11 is 0. The second kappa shape index (κ2) is 5.14. The van der Waals surface area contributed by atoms with Crippen LogP contribution >= 0.6 is 0 Å². The molecule has 148 valence electrons. The van der Waals surface area contributed by atoms with Crippen LogP contribution in [0.3, 0.4) is 0 Å². The quantitative estimate of drug-likeness (QED) is 0.532. The van der Waals surface area contributed by atoms with Crippen LogP contribution in [0.5, 0.6) is 0 Å². The molecule has 4 aliphatic carbocycles. The van der Waals surface area contributed by atoms with Crippen molar-refractivity contribution in [2.45, 2.75) is 42.4 Å². The van der Waals surface area contributed by atoms with E-state index in [0.29, 0.717) is 36.9 Å². The second-order valence-electron chi connectivity index (χ2n) is 8.89. The Kier molecular flexibility index (Phi) is 3.00. The molecule has 8 nitrogen and oxygen atoms in total. The van der Waals surface area contributed by atoms with E-state index in [-0.39, 0.29) is 11.5 Å². The van der Waals surface area contributed by atoms with E-state index in [1.165, 1.54) is 6.20 Å². The van der Waals surface area contributed by atoms with Gasteiger partial charge in [0.05, 0.1) is 39.7 Å². The number of nitrogens with zero attached hydrogens (tertiary/aromatic N) is 3. The third kappa shape index (κ3) is 2.07. The maximum atomic E-state index is 12.2. The summed E-state index contributed by atoms with van der Waals surface area (Å²) in [7, 11) is 0. The summed E-state index contributed by atoms with van der Waals surface area (Å²) in [6.07, 6.45) is 8.86. The summed E-state index contributed by atoms with van der Waals surface area (Å²) in [6.45, 7) is 0. The van der Waals surface area contributed by atoms with Gasteiger partial charge in [0, 0.05) is 37.0 Å². The molecule has 29 heavy (non-hydrogen) atoms. The molecule has 4 atom stereocenters. The molecule has 4 unspecified atom stereocenters. The zero-order valence-electron chi connectivity index (χ0n) is 15.7. The van der Waals surface area contributed by atoms with Gasteiger partial charge in [-0.3, -0.25) is 9.78 Å². The second-order valence-corrected chi connectivity index (χ2v) is 8.89. The van der Waals surface area contributed by atoms with Gasteiger partial charge in [-0.1, -0.05) is 0 Å². The Morgan fingerprint density at radius 3 is 2.59 bits per heavy atom. The van der Waals surface area contributed by atoms with Crippen LogP contribution in [0.25, 0.3) is 16.6 Å². The third-order valence-corrected chi connectivity index (χ3v) is 7.32. The van der Waals surface area contributed by atoms with Crippen molar-refractivity contribution < 1.29 is 15.0 Å². The monoisotopic (exact) mass is 391 g/mol. The SMILES string of the molecule is NC(=O)c1cnn2cc(-c3ccncc3)cc2c1NC12CC3CC1(O)CC3(O)C2. The lowest BCUT2D eigenvalue weighted by atomic mass is 9.85. The van der Waals surface area contributed by atoms with Crippen LogP contribution in [-0.2, 0) is 0 Å². The molecule has 4 aliphatic rings. The van der Waals surface area contributed by atoms with Gasteiger partial charge in [0.1, 0.15) is 0 Å². The maximum absolute atomic E-state index is 12.2. The van der Waals surface area contributed by atoms with Crippen molar-refractivity contribution in [1.29, 1.82) is 0 Å². The highest BCUT2D eigenvalue weighted by Gasteiger charge is 2.77. The molecule has 4 fully saturated rings. The Morgan fingerprint density at radius 2 is 2.00 bits per heavy atom. The van der Waals surface area contributed by atoms with Crippen molar-refractivity contribution in [3.05, 3.63) is 48.5 Å². The molecule has 0 spiro atoms. The number of hydrogen-bond acceptors (Lipinski definition) is 6. The minimum Gasteiger partial charge on any atom is -0.389 e. The van der Waals surface area contributed by atoms with E-state index in [0.717, 1.165) is 11.1 Å². The molecule has 0 radical (unpaired) electrons.